The Hall–Kier alpha value is -2.01. The molecule has 152 valence electrons. The standard InChI is InChI=1S/C18H23N3O5S2/c1-12-17(9-22)16(18(19-12)20-28(25,26)11-23)7-15-6-13(10-27-15)8-21-4-2-14(24)3-5-21/h6,9-11,14,19-20,24H,2-5,7-8H2,1H3. The van der Waals surface area contributed by atoms with Crippen LogP contribution in [0.15, 0.2) is 11.4 Å². The van der Waals surface area contributed by atoms with Crippen molar-refractivity contribution in [2.45, 2.75) is 38.8 Å². The Labute approximate surface area is 167 Å². The summed E-state index contributed by atoms with van der Waals surface area (Å²) in [6, 6.07) is 2.05. The van der Waals surface area contributed by atoms with Crippen LogP contribution in [0.3, 0.4) is 0 Å². The normalized spacial score (nSPS) is 16.2. The number of thiophene rings is 1. The highest BCUT2D eigenvalue weighted by Crippen LogP contribution is 2.28. The third kappa shape index (κ3) is 4.88. The number of carbonyl (C=O) groups is 2. The van der Waals surface area contributed by atoms with Gasteiger partial charge in [-0.3, -0.25) is 19.2 Å². The lowest BCUT2D eigenvalue weighted by molar-refractivity contribution is 0.0793. The predicted molar refractivity (Wildman–Crippen MR) is 108 cm³/mol. The molecule has 1 aliphatic heterocycles. The minimum absolute atomic E-state index is 0.145. The van der Waals surface area contributed by atoms with Crippen molar-refractivity contribution in [1.29, 1.82) is 0 Å². The quantitative estimate of drug-likeness (QED) is 0.554. The number of hydrogen-bond donors (Lipinski definition) is 3. The Balaban J connectivity index is 1.77. The van der Waals surface area contributed by atoms with E-state index in [4.69, 9.17) is 0 Å². The van der Waals surface area contributed by atoms with Gasteiger partial charge in [-0.05, 0) is 36.8 Å². The molecule has 2 aromatic heterocycles. The van der Waals surface area contributed by atoms with Crippen molar-refractivity contribution in [2.24, 2.45) is 0 Å². The number of aliphatic hydroxyl groups is 1. The van der Waals surface area contributed by atoms with E-state index in [-0.39, 0.29) is 17.5 Å². The third-order valence-electron chi connectivity index (χ3n) is 4.85. The molecule has 10 heteroatoms. The average Bonchev–Trinajstić information content (AvgIpc) is 3.21. The molecule has 3 rings (SSSR count). The van der Waals surface area contributed by atoms with E-state index < -0.39 is 10.0 Å². The van der Waals surface area contributed by atoms with Gasteiger partial charge in [0.2, 0.25) is 0 Å². The number of hydrogen-bond acceptors (Lipinski definition) is 7. The maximum atomic E-state index is 11.6. The number of anilines is 1. The number of H-pyrrole nitrogens is 1. The molecule has 3 heterocycles. The minimum atomic E-state index is -4.12. The van der Waals surface area contributed by atoms with Gasteiger partial charge < -0.3 is 10.1 Å². The van der Waals surface area contributed by atoms with Gasteiger partial charge >= 0.3 is 0 Å². The average molecular weight is 426 g/mol. The van der Waals surface area contributed by atoms with E-state index >= 15 is 0 Å². The van der Waals surface area contributed by atoms with Crippen molar-refractivity contribution < 1.29 is 23.1 Å². The zero-order chi connectivity index (χ0) is 20.3. The van der Waals surface area contributed by atoms with Crippen molar-refractivity contribution >= 4 is 39.1 Å². The molecule has 1 aliphatic rings. The summed E-state index contributed by atoms with van der Waals surface area (Å²) in [5.41, 5.74) is 2.44. The second-order valence-electron chi connectivity index (χ2n) is 6.98. The molecule has 0 unspecified atom stereocenters. The van der Waals surface area contributed by atoms with Gasteiger partial charge in [0, 0.05) is 47.8 Å². The van der Waals surface area contributed by atoms with Gasteiger partial charge in [-0.25, -0.2) is 0 Å². The van der Waals surface area contributed by atoms with Crippen molar-refractivity contribution in [3.8, 4) is 0 Å². The molecule has 1 saturated heterocycles. The van der Waals surface area contributed by atoms with Crippen LogP contribution >= 0.6 is 11.3 Å². The summed E-state index contributed by atoms with van der Waals surface area (Å²) in [6.07, 6.45) is 2.42. The minimum Gasteiger partial charge on any atom is -0.393 e. The lowest BCUT2D eigenvalue weighted by Crippen LogP contribution is -2.35. The molecule has 0 bridgehead atoms. The molecule has 1 fully saturated rings. The van der Waals surface area contributed by atoms with E-state index in [1.54, 1.807) is 18.3 Å². The van der Waals surface area contributed by atoms with E-state index in [1.807, 2.05) is 6.07 Å². The lowest BCUT2D eigenvalue weighted by Gasteiger charge is -2.29. The van der Waals surface area contributed by atoms with Crippen LogP contribution in [-0.2, 0) is 27.8 Å². The van der Waals surface area contributed by atoms with Gasteiger partial charge in [-0.2, -0.15) is 8.42 Å². The maximum Gasteiger partial charge on any atom is 0.293 e. The number of sulfonamides is 1. The van der Waals surface area contributed by atoms with E-state index in [0.717, 1.165) is 42.9 Å². The zero-order valence-corrected chi connectivity index (χ0v) is 17.1. The number of aryl methyl sites for hydroxylation is 1. The number of aliphatic hydroxyl groups excluding tert-OH is 1. The molecule has 0 atom stereocenters. The van der Waals surface area contributed by atoms with Gasteiger partial charge in [0.15, 0.2) is 6.29 Å². The number of nitrogens with zero attached hydrogens (tertiary/aromatic N) is 1. The van der Waals surface area contributed by atoms with Crippen molar-refractivity contribution in [2.75, 3.05) is 17.8 Å². The second kappa shape index (κ2) is 8.56. The molecule has 28 heavy (non-hydrogen) atoms. The number of carbonyl (C=O) groups excluding carboxylic acids is 2. The fraction of sp³-hybridized carbons (Fsp3) is 0.444. The monoisotopic (exact) mass is 425 g/mol. The summed E-state index contributed by atoms with van der Waals surface area (Å²) in [5, 5.41) is 11.7. The highest BCUT2D eigenvalue weighted by atomic mass is 32.2. The van der Waals surface area contributed by atoms with Gasteiger partial charge in [0.25, 0.3) is 15.6 Å². The highest BCUT2D eigenvalue weighted by molar-refractivity contribution is 8.05. The molecule has 3 N–H and O–H groups in total. The first-order valence-electron chi connectivity index (χ1n) is 8.92. The molecular weight excluding hydrogens is 402 g/mol. The summed E-state index contributed by atoms with van der Waals surface area (Å²) >= 11 is 1.54. The van der Waals surface area contributed by atoms with Crippen LogP contribution in [0.1, 0.15) is 44.9 Å². The number of rotatable bonds is 8. The Morgan fingerprint density at radius 2 is 2.07 bits per heavy atom. The first kappa shape index (κ1) is 20.7. The van der Waals surface area contributed by atoms with Crippen LogP contribution in [0.25, 0.3) is 0 Å². The molecular formula is C18H23N3O5S2. The molecule has 8 nitrogen and oxygen atoms in total. The van der Waals surface area contributed by atoms with Gasteiger partial charge in [-0.15, -0.1) is 11.3 Å². The number of aromatic nitrogens is 1. The number of aromatic amines is 1. The molecule has 0 aromatic carbocycles. The summed E-state index contributed by atoms with van der Waals surface area (Å²) in [4.78, 5) is 28.3. The lowest BCUT2D eigenvalue weighted by atomic mass is 10.1. The Kier molecular flexibility index (Phi) is 6.33. The Morgan fingerprint density at radius 3 is 2.71 bits per heavy atom. The highest BCUT2D eigenvalue weighted by Gasteiger charge is 2.21. The van der Waals surface area contributed by atoms with E-state index in [9.17, 15) is 23.1 Å². The van der Waals surface area contributed by atoms with E-state index in [0.29, 0.717) is 29.5 Å². The summed E-state index contributed by atoms with van der Waals surface area (Å²) < 4.78 is 25.4. The third-order valence-corrected chi connectivity index (χ3v) is 6.58. The van der Waals surface area contributed by atoms with Crippen molar-refractivity contribution in [1.82, 2.24) is 9.88 Å². The molecule has 0 radical (unpaired) electrons. The van der Waals surface area contributed by atoms with Gasteiger partial charge in [0.05, 0.1) is 6.10 Å². The fourth-order valence-electron chi connectivity index (χ4n) is 3.40. The molecule has 0 amide bonds. The van der Waals surface area contributed by atoms with Crippen LogP contribution in [0.5, 0.6) is 0 Å². The van der Waals surface area contributed by atoms with Crippen LogP contribution in [0.4, 0.5) is 5.82 Å². The zero-order valence-electron chi connectivity index (χ0n) is 15.5. The first-order valence-corrected chi connectivity index (χ1v) is 11.3. The van der Waals surface area contributed by atoms with Crippen molar-refractivity contribution in [3.05, 3.63) is 38.7 Å². The van der Waals surface area contributed by atoms with Crippen LogP contribution < -0.4 is 4.72 Å². The first-order chi connectivity index (χ1) is 13.3. The molecule has 0 spiro atoms. The number of aldehydes is 1. The topological polar surface area (TPSA) is 120 Å². The van der Waals surface area contributed by atoms with Crippen LogP contribution in [0, 0.1) is 6.92 Å². The SMILES string of the molecule is Cc1[nH]c(NS(=O)(=O)C=O)c(Cc2cc(CN3CCC(O)CC3)cs2)c1C=O. The van der Waals surface area contributed by atoms with Crippen LogP contribution in [-0.4, -0.2) is 54.5 Å². The van der Waals surface area contributed by atoms with E-state index in [2.05, 4.69) is 20.0 Å². The van der Waals surface area contributed by atoms with Crippen molar-refractivity contribution in [3.63, 3.8) is 0 Å². The fourth-order valence-corrected chi connectivity index (χ4v) is 4.80. The van der Waals surface area contributed by atoms with E-state index in [1.165, 1.54) is 0 Å². The smallest absolute Gasteiger partial charge is 0.293 e. The summed E-state index contributed by atoms with van der Waals surface area (Å²) in [5.74, 6) is 0.145. The largest absolute Gasteiger partial charge is 0.393 e. The van der Waals surface area contributed by atoms with Crippen LogP contribution in [0.2, 0.25) is 0 Å². The predicted octanol–water partition coefficient (Wildman–Crippen LogP) is 1.68. The second-order valence-corrected chi connectivity index (χ2v) is 9.47. The van der Waals surface area contributed by atoms with Gasteiger partial charge in [0.1, 0.15) is 5.82 Å². The summed E-state index contributed by atoms with van der Waals surface area (Å²) in [7, 11) is -4.12. The molecule has 0 saturated carbocycles. The maximum absolute atomic E-state index is 11.6. The Morgan fingerprint density at radius 1 is 1.36 bits per heavy atom. The van der Waals surface area contributed by atoms with Gasteiger partial charge in [-0.1, -0.05) is 0 Å². The number of nitrogens with one attached hydrogen (secondary N) is 2. The Bertz CT molecular complexity index is 956. The number of piperidine rings is 1. The summed E-state index contributed by atoms with van der Waals surface area (Å²) in [6.45, 7) is 4.18. The molecule has 2 aromatic rings. The molecule has 0 aliphatic carbocycles. The number of likely N-dealkylation sites (tertiary alicyclic amines) is 1.